The zero-order valence-corrected chi connectivity index (χ0v) is 12.0. The maximum Gasteiger partial charge on any atom is 0.323 e. The zero-order valence-electron chi connectivity index (χ0n) is 12.0. The first-order valence-electron chi connectivity index (χ1n) is 6.53. The Labute approximate surface area is 117 Å². The van der Waals surface area contributed by atoms with Gasteiger partial charge in [-0.25, -0.2) is 0 Å². The molecule has 20 heavy (non-hydrogen) atoms. The van der Waals surface area contributed by atoms with Gasteiger partial charge in [0.2, 0.25) is 17.8 Å². The van der Waals surface area contributed by atoms with E-state index in [4.69, 9.17) is 16.2 Å². The molecule has 1 amide bonds. The second-order valence-electron chi connectivity index (χ2n) is 5.54. The van der Waals surface area contributed by atoms with Gasteiger partial charge in [-0.3, -0.25) is 4.79 Å². The highest BCUT2D eigenvalue weighted by atomic mass is 16.5. The maximum atomic E-state index is 11.5. The van der Waals surface area contributed by atoms with E-state index in [0.717, 1.165) is 0 Å². The second-order valence-corrected chi connectivity index (χ2v) is 5.54. The summed E-state index contributed by atoms with van der Waals surface area (Å²) in [5.74, 6) is 0.192. The van der Waals surface area contributed by atoms with E-state index in [0.29, 0.717) is 25.5 Å². The van der Waals surface area contributed by atoms with Crippen molar-refractivity contribution in [1.82, 2.24) is 15.0 Å². The fourth-order valence-corrected chi connectivity index (χ4v) is 2.10. The number of aromatic nitrogens is 3. The summed E-state index contributed by atoms with van der Waals surface area (Å²) in [5.41, 5.74) is 10.5. The van der Waals surface area contributed by atoms with Crippen LogP contribution in [0.25, 0.3) is 0 Å². The first-order valence-corrected chi connectivity index (χ1v) is 6.53. The molecule has 0 spiro atoms. The first kappa shape index (κ1) is 14.3. The van der Waals surface area contributed by atoms with E-state index in [1.54, 1.807) is 0 Å². The summed E-state index contributed by atoms with van der Waals surface area (Å²) in [6, 6.07) is 0.190. The van der Waals surface area contributed by atoms with Gasteiger partial charge in [-0.15, -0.1) is 0 Å². The predicted molar refractivity (Wildman–Crippen MR) is 74.1 cm³/mol. The molecule has 0 saturated carbocycles. The normalized spacial score (nSPS) is 22.3. The molecule has 8 nitrogen and oxygen atoms in total. The van der Waals surface area contributed by atoms with E-state index < -0.39 is 5.41 Å². The number of hydrogen-bond donors (Lipinski definition) is 2. The van der Waals surface area contributed by atoms with Crippen LogP contribution >= 0.6 is 0 Å². The van der Waals surface area contributed by atoms with Crippen molar-refractivity contribution in [3.63, 3.8) is 0 Å². The van der Waals surface area contributed by atoms with Crippen molar-refractivity contribution in [2.75, 3.05) is 23.7 Å². The summed E-state index contributed by atoms with van der Waals surface area (Å²) in [6.07, 6.45) is 0.605. The number of anilines is 2. The molecule has 1 fully saturated rings. The molecular weight excluding hydrogens is 260 g/mol. The average molecular weight is 280 g/mol. The smallest absolute Gasteiger partial charge is 0.323 e. The lowest BCUT2D eigenvalue weighted by Crippen LogP contribution is -2.37. The Morgan fingerprint density at radius 3 is 2.65 bits per heavy atom. The number of ether oxygens (including phenoxy) is 1. The van der Waals surface area contributed by atoms with Crippen molar-refractivity contribution in [2.45, 2.75) is 33.3 Å². The molecule has 1 saturated heterocycles. The highest BCUT2D eigenvalue weighted by Crippen LogP contribution is 2.31. The van der Waals surface area contributed by atoms with Crippen LogP contribution in [0.15, 0.2) is 0 Å². The minimum Gasteiger partial charge on any atom is -0.461 e. The van der Waals surface area contributed by atoms with E-state index in [2.05, 4.69) is 15.0 Å². The van der Waals surface area contributed by atoms with Crippen molar-refractivity contribution in [3.8, 4) is 6.01 Å². The van der Waals surface area contributed by atoms with E-state index in [-0.39, 0.29) is 24.0 Å². The number of nitrogen functional groups attached to an aromatic ring is 1. The van der Waals surface area contributed by atoms with Crippen LogP contribution in [0.2, 0.25) is 0 Å². The lowest BCUT2D eigenvalue weighted by Gasteiger charge is -2.21. The third-order valence-corrected chi connectivity index (χ3v) is 3.31. The second kappa shape index (κ2) is 5.10. The van der Waals surface area contributed by atoms with Crippen molar-refractivity contribution in [2.24, 2.45) is 11.1 Å². The number of carbonyl (C=O) groups is 1. The number of nitrogens with two attached hydrogens (primary N) is 2. The summed E-state index contributed by atoms with van der Waals surface area (Å²) < 4.78 is 5.43. The summed E-state index contributed by atoms with van der Waals surface area (Å²) in [6.45, 7) is 6.70. The van der Waals surface area contributed by atoms with Gasteiger partial charge in [0.1, 0.15) is 0 Å². The molecule has 0 aliphatic carbocycles. The molecule has 1 aromatic heterocycles. The predicted octanol–water partition coefficient (Wildman–Crippen LogP) is -0.0573. The van der Waals surface area contributed by atoms with Gasteiger partial charge in [0.15, 0.2) is 0 Å². The van der Waals surface area contributed by atoms with E-state index >= 15 is 0 Å². The minimum absolute atomic E-state index is 0.0564. The first-order chi connectivity index (χ1) is 9.30. The van der Waals surface area contributed by atoms with E-state index in [1.807, 2.05) is 25.7 Å². The van der Waals surface area contributed by atoms with E-state index in [9.17, 15) is 4.79 Å². The molecule has 2 heterocycles. The lowest BCUT2D eigenvalue weighted by atomic mass is 9.89. The third kappa shape index (κ3) is 2.89. The van der Waals surface area contributed by atoms with Crippen LogP contribution < -0.4 is 21.1 Å². The number of carbonyl (C=O) groups excluding carboxylic acids is 1. The Balaban J connectivity index is 2.21. The molecule has 2 rings (SSSR count). The maximum absolute atomic E-state index is 11.5. The van der Waals surface area contributed by atoms with Crippen LogP contribution in [0.1, 0.15) is 27.2 Å². The van der Waals surface area contributed by atoms with Gasteiger partial charge in [0, 0.05) is 13.1 Å². The Morgan fingerprint density at radius 1 is 1.40 bits per heavy atom. The van der Waals surface area contributed by atoms with Crippen LogP contribution in [0.4, 0.5) is 11.9 Å². The number of primary amides is 1. The summed E-state index contributed by atoms with van der Waals surface area (Å²) in [7, 11) is 0. The Bertz CT molecular complexity index is 521. The summed E-state index contributed by atoms with van der Waals surface area (Å²) >= 11 is 0. The van der Waals surface area contributed by atoms with Gasteiger partial charge in [-0.1, -0.05) is 0 Å². The quantitative estimate of drug-likeness (QED) is 0.792. The lowest BCUT2D eigenvalue weighted by molar-refractivity contribution is -0.125. The van der Waals surface area contributed by atoms with Crippen molar-refractivity contribution in [1.29, 1.82) is 0 Å². The molecular formula is C12H20N6O2. The molecule has 0 radical (unpaired) electrons. The highest BCUT2D eigenvalue weighted by Gasteiger charge is 2.40. The molecule has 1 aromatic rings. The molecule has 0 bridgehead atoms. The molecule has 1 unspecified atom stereocenters. The Kier molecular flexibility index (Phi) is 3.65. The number of amides is 1. The standard InChI is InChI=1S/C12H20N6O2/c1-7(2)20-11-16-9(14)15-10(17-11)18-5-4-12(3,6-18)8(13)19/h7H,4-6H2,1-3H3,(H2,13,19)(H2,14,15,16,17). The Morgan fingerprint density at radius 2 is 2.10 bits per heavy atom. The van der Waals surface area contributed by atoms with Crippen LogP contribution in [-0.2, 0) is 4.79 Å². The largest absolute Gasteiger partial charge is 0.461 e. The van der Waals surface area contributed by atoms with Gasteiger partial charge >= 0.3 is 6.01 Å². The number of hydrogen-bond acceptors (Lipinski definition) is 7. The van der Waals surface area contributed by atoms with Crippen LogP contribution in [-0.4, -0.2) is 40.1 Å². The summed E-state index contributed by atoms with van der Waals surface area (Å²) in [4.78, 5) is 25.6. The third-order valence-electron chi connectivity index (χ3n) is 3.31. The van der Waals surface area contributed by atoms with Crippen molar-refractivity contribution < 1.29 is 9.53 Å². The number of nitrogens with zero attached hydrogens (tertiary/aromatic N) is 4. The molecule has 8 heteroatoms. The highest BCUT2D eigenvalue weighted by molar-refractivity contribution is 5.81. The molecule has 110 valence electrons. The van der Waals surface area contributed by atoms with Gasteiger partial charge in [0.25, 0.3) is 0 Å². The summed E-state index contributed by atoms with van der Waals surface area (Å²) in [5, 5.41) is 0. The SMILES string of the molecule is CC(C)Oc1nc(N)nc(N2CCC(C)(C(N)=O)C2)n1. The van der Waals surface area contributed by atoms with Gasteiger partial charge < -0.3 is 21.1 Å². The average Bonchev–Trinajstić information content (AvgIpc) is 2.71. The Hall–Kier alpha value is -2.12. The zero-order chi connectivity index (χ0) is 14.9. The van der Waals surface area contributed by atoms with Crippen LogP contribution in [0.3, 0.4) is 0 Å². The molecule has 4 N–H and O–H groups in total. The van der Waals surface area contributed by atoms with Gasteiger partial charge in [0.05, 0.1) is 11.5 Å². The fourth-order valence-electron chi connectivity index (χ4n) is 2.10. The monoisotopic (exact) mass is 280 g/mol. The topological polar surface area (TPSA) is 120 Å². The van der Waals surface area contributed by atoms with Crippen LogP contribution in [0.5, 0.6) is 6.01 Å². The molecule has 1 aliphatic heterocycles. The fraction of sp³-hybridized carbons (Fsp3) is 0.667. The van der Waals surface area contributed by atoms with E-state index in [1.165, 1.54) is 0 Å². The van der Waals surface area contributed by atoms with Crippen molar-refractivity contribution in [3.05, 3.63) is 0 Å². The molecule has 0 aromatic carbocycles. The molecule has 1 aliphatic rings. The molecule has 1 atom stereocenters. The van der Waals surface area contributed by atoms with Crippen molar-refractivity contribution >= 4 is 17.8 Å². The van der Waals surface area contributed by atoms with Crippen LogP contribution in [0, 0.1) is 5.41 Å². The van der Waals surface area contributed by atoms with Gasteiger partial charge in [-0.05, 0) is 27.2 Å². The van der Waals surface area contributed by atoms with Gasteiger partial charge in [-0.2, -0.15) is 15.0 Å². The minimum atomic E-state index is -0.569. The number of rotatable bonds is 4.